The molecule has 4 rings (SSSR count). The third-order valence-electron chi connectivity index (χ3n) is 4.77. The lowest BCUT2D eigenvalue weighted by Crippen LogP contribution is -2.27. The van der Waals surface area contributed by atoms with Crippen LogP contribution in [0.2, 0.25) is 10.0 Å². The number of hydrogen-bond donors (Lipinski definition) is 0. The van der Waals surface area contributed by atoms with Crippen LogP contribution in [0.1, 0.15) is 21.5 Å². The number of carbonyl (C=O) groups excluding carboxylic acids is 1. The standard InChI is InChI=1S/C25H19Cl2NO2/c26-21-12-8-18(9-13-21)16-28(17-19-10-14-22(27)15-11-19)30-25(29)24-7-3-5-20-4-1-2-6-23(20)24/h1-15H,16-17H2. The van der Waals surface area contributed by atoms with Gasteiger partial charge in [0, 0.05) is 10.0 Å². The molecule has 0 radical (unpaired) electrons. The first-order chi connectivity index (χ1) is 14.6. The molecule has 0 bridgehead atoms. The van der Waals surface area contributed by atoms with E-state index < -0.39 is 5.97 Å². The Kier molecular flexibility index (Phi) is 6.34. The molecule has 0 aliphatic heterocycles. The lowest BCUT2D eigenvalue weighted by atomic mass is 10.1. The van der Waals surface area contributed by atoms with E-state index >= 15 is 0 Å². The smallest absolute Gasteiger partial charge is 0.357 e. The number of fused-ring (bicyclic) bond motifs is 1. The molecule has 4 aromatic carbocycles. The number of hydroxylamine groups is 2. The molecule has 0 spiro atoms. The number of nitrogens with zero attached hydrogens (tertiary/aromatic N) is 1. The van der Waals surface area contributed by atoms with Gasteiger partial charge >= 0.3 is 5.97 Å². The van der Waals surface area contributed by atoms with E-state index in [1.807, 2.05) is 84.9 Å². The van der Waals surface area contributed by atoms with Gasteiger partial charge in [-0.25, -0.2) is 4.79 Å². The minimum Gasteiger partial charge on any atom is -0.363 e. The number of hydrogen-bond acceptors (Lipinski definition) is 3. The van der Waals surface area contributed by atoms with Gasteiger partial charge < -0.3 is 4.84 Å². The average Bonchev–Trinajstić information content (AvgIpc) is 2.76. The minimum atomic E-state index is -0.394. The Labute approximate surface area is 185 Å². The highest BCUT2D eigenvalue weighted by Gasteiger charge is 2.17. The molecule has 0 saturated heterocycles. The van der Waals surface area contributed by atoms with Crippen LogP contribution in [0, 0.1) is 0 Å². The van der Waals surface area contributed by atoms with E-state index in [-0.39, 0.29) is 0 Å². The Morgan fingerprint density at radius 3 is 1.83 bits per heavy atom. The van der Waals surface area contributed by atoms with Crippen LogP contribution < -0.4 is 0 Å². The van der Waals surface area contributed by atoms with Crippen molar-refractivity contribution < 1.29 is 9.63 Å². The van der Waals surface area contributed by atoms with Crippen molar-refractivity contribution in [3.63, 3.8) is 0 Å². The van der Waals surface area contributed by atoms with E-state index in [2.05, 4.69) is 0 Å². The third-order valence-corrected chi connectivity index (χ3v) is 5.27. The monoisotopic (exact) mass is 435 g/mol. The molecule has 0 amide bonds. The largest absolute Gasteiger partial charge is 0.363 e. The molecule has 0 heterocycles. The predicted molar refractivity (Wildman–Crippen MR) is 122 cm³/mol. The van der Waals surface area contributed by atoms with Gasteiger partial charge in [-0.05, 0) is 52.2 Å². The van der Waals surface area contributed by atoms with Gasteiger partial charge in [-0.2, -0.15) is 0 Å². The third kappa shape index (κ3) is 5.00. The second-order valence-corrected chi connectivity index (χ2v) is 7.83. The van der Waals surface area contributed by atoms with Gasteiger partial charge in [0.2, 0.25) is 0 Å². The van der Waals surface area contributed by atoms with Gasteiger partial charge in [0.05, 0.1) is 18.7 Å². The molecule has 0 saturated carbocycles. The summed E-state index contributed by atoms with van der Waals surface area (Å²) in [6, 6.07) is 28.4. The highest BCUT2D eigenvalue weighted by molar-refractivity contribution is 6.30. The summed E-state index contributed by atoms with van der Waals surface area (Å²) in [4.78, 5) is 18.9. The highest BCUT2D eigenvalue weighted by atomic mass is 35.5. The molecule has 0 atom stereocenters. The van der Waals surface area contributed by atoms with Crippen LogP contribution in [0.25, 0.3) is 10.8 Å². The Balaban J connectivity index is 1.59. The van der Waals surface area contributed by atoms with Gasteiger partial charge in [0.1, 0.15) is 0 Å². The molecule has 0 aliphatic carbocycles. The quantitative estimate of drug-likeness (QED) is 0.307. The zero-order chi connectivity index (χ0) is 20.9. The first-order valence-electron chi connectivity index (χ1n) is 9.52. The SMILES string of the molecule is O=C(ON(Cc1ccc(Cl)cc1)Cc1ccc(Cl)cc1)c1cccc2ccccc12. The van der Waals surface area contributed by atoms with Crippen LogP contribution in [-0.2, 0) is 17.9 Å². The fraction of sp³-hybridized carbons (Fsp3) is 0.0800. The number of carbonyl (C=O) groups is 1. The first-order valence-corrected chi connectivity index (χ1v) is 10.3. The van der Waals surface area contributed by atoms with Gasteiger partial charge in [-0.3, -0.25) is 0 Å². The Bertz CT molecular complexity index is 1110. The highest BCUT2D eigenvalue weighted by Crippen LogP contribution is 2.21. The average molecular weight is 436 g/mol. The zero-order valence-electron chi connectivity index (χ0n) is 16.1. The molecule has 0 unspecified atom stereocenters. The molecule has 0 aliphatic rings. The maximum Gasteiger partial charge on any atom is 0.357 e. The summed E-state index contributed by atoms with van der Waals surface area (Å²) in [5.41, 5.74) is 2.50. The minimum absolute atomic E-state index is 0.394. The van der Waals surface area contributed by atoms with Crippen molar-refractivity contribution in [3.05, 3.63) is 118 Å². The van der Waals surface area contributed by atoms with Crippen molar-refractivity contribution in [3.8, 4) is 0 Å². The summed E-state index contributed by atoms with van der Waals surface area (Å²) in [5, 5.41) is 4.83. The summed E-state index contributed by atoms with van der Waals surface area (Å²) in [6.07, 6.45) is 0. The Morgan fingerprint density at radius 1 is 0.700 bits per heavy atom. The first kappa shape index (κ1) is 20.4. The van der Waals surface area contributed by atoms with Crippen LogP contribution in [0.5, 0.6) is 0 Å². The predicted octanol–water partition coefficient (Wildman–Crippen LogP) is 6.92. The summed E-state index contributed by atoms with van der Waals surface area (Å²) in [6.45, 7) is 0.854. The summed E-state index contributed by atoms with van der Waals surface area (Å²) in [5.74, 6) is -0.394. The van der Waals surface area contributed by atoms with Crippen molar-refractivity contribution in [2.75, 3.05) is 0 Å². The van der Waals surface area contributed by atoms with Crippen molar-refractivity contribution in [2.45, 2.75) is 13.1 Å². The lowest BCUT2D eigenvalue weighted by Gasteiger charge is -2.22. The summed E-state index contributed by atoms with van der Waals surface area (Å²) < 4.78 is 0. The van der Waals surface area contributed by atoms with Crippen LogP contribution in [0.4, 0.5) is 0 Å². The van der Waals surface area contributed by atoms with E-state index in [9.17, 15) is 4.79 Å². The fourth-order valence-corrected chi connectivity index (χ4v) is 3.53. The van der Waals surface area contributed by atoms with E-state index in [1.165, 1.54) is 0 Å². The number of benzene rings is 4. The zero-order valence-corrected chi connectivity index (χ0v) is 17.6. The van der Waals surface area contributed by atoms with E-state index in [0.29, 0.717) is 28.7 Å². The van der Waals surface area contributed by atoms with E-state index in [1.54, 1.807) is 11.1 Å². The Morgan fingerprint density at radius 2 is 1.23 bits per heavy atom. The van der Waals surface area contributed by atoms with Gasteiger partial charge in [-0.15, -0.1) is 5.06 Å². The molecule has 3 nitrogen and oxygen atoms in total. The Hall–Kier alpha value is -2.85. The fourth-order valence-electron chi connectivity index (χ4n) is 3.28. The van der Waals surface area contributed by atoms with Crippen LogP contribution in [0.15, 0.2) is 91.0 Å². The molecule has 4 aromatic rings. The van der Waals surface area contributed by atoms with Gasteiger partial charge in [0.25, 0.3) is 0 Å². The lowest BCUT2D eigenvalue weighted by molar-refractivity contribution is -0.123. The molecule has 0 aromatic heterocycles. The summed E-state index contributed by atoms with van der Waals surface area (Å²) in [7, 11) is 0. The molecule has 0 N–H and O–H groups in total. The summed E-state index contributed by atoms with van der Waals surface area (Å²) >= 11 is 12.0. The second-order valence-electron chi connectivity index (χ2n) is 6.96. The molecular formula is C25H19Cl2NO2. The van der Waals surface area contributed by atoms with Crippen molar-refractivity contribution in [1.82, 2.24) is 5.06 Å². The van der Waals surface area contributed by atoms with Crippen LogP contribution in [0.3, 0.4) is 0 Å². The molecule has 5 heteroatoms. The molecular weight excluding hydrogens is 417 g/mol. The van der Waals surface area contributed by atoms with Crippen LogP contribution >= 0.6 is 23.2 Å². The van der Waals surface area contributed by atoms with E-state index in [0.717, 1.165) is 21.9 Å². The number of rotatable bonds is 6. The topological polar surface area (TPSA) is 29.5 Å². The van der Waals surface area contributed by atoms with Crippen LogP contribution in [-0.4, -0.2) is 11.0 Å². The molecule has 30 heavy (non-hydrogen) atoms. The number of halogens is 2. The van der Waals surface area contributed by atoms with E-state index in [4.69, 9.17) is 28.0 Å². The maximum atomic E-state index is 13.1. The second kappa shape index (κ2) is 9.31. The maximum absolute atomic E-state index is 13.1. The van der Waals surface area contributed by atoms with Crippen molar-refractivity contribution >= 4 is 39.9 Å². The molecule has 150 valence electrons. The van der Waals surface area contributed by atoms with Crippen molar-refractivity contribution in [1.29, 1.82) is 0 Å². The van der Waals surface area contributed by atoms with Gasteiger partial charge in [0.15, 0.2) is 0 Å². The van der Waals surface area contributed by atoms with Gasteiger partial charge in [-0.1, -0.05) is 83.9 Å². The molecule has 0 fully saturated rings. The normalized spacial score (nSPS) is 11.0. The van der Waals surface area contributed by atoms with Crippen molar-refractivity contribution in [2.24, 2.45) is 0 Å².